The maximum atomic E-state index is 5.07. The molecule has 0 amide bonds. The first-order valence-corrected chi connectivity index (χ1v) is 9.76. The Labute approximate surface area is 167 Å². The lowest BCUT2D eigenvalue weighted by molar-refractivity contribution is 0.891. The van der Waals surface area contributed by atoms with Crippen LogP contribution in [0.3, 0.4) is 0 Å². The molecule has 4 rings (SSSR count). The van der Waals surface area contributed by atoms with E-state index in [4.69, 9.17) is 5.10 Å². The van der Waals surface area contributed by atoms with Crippen LogP contribution < -0.4 is 0 Å². The Morgan fingerprint density at radius 1 is 0.607 bits per heavy atom. The first kappa shape index (κ1) is 18.2. The number of nitrogens with zero attached hydrogens (tertiary/aromatic N) is 2. The van der Waals surface area contributed by atoms with Gasteiger partial charge in [-0.2, -0.15) is 5.10 Å². The van der Waals surface area contributed by atoms with Gasteiger partial charge in [-0.3, -0.25) is 0 Å². The standard InChI is InChI=1S/C26H26N2/c1-17-11-13-22(15-19(17)3)25-21(5)26(23-14-12-18(2)20(4)16-23)28(27-25)24-9-7-6-8-10-24/h6-16H,1-5H3. The number of aromatic nitrogens is 2. The topological polar surface area (TPSA) is 17.8 Å². The van der Waals surface area contributed by atoms with Gasteiger partial charge in [-0.1, -0.05) is 42.5 Å². The molecule has 0 aliphatic carbocycles. The van der Waals surface area contributed by atoms with E-state index < -0.39 is 0 Å². The van der Waals surface area contributed by atoms with Crippen molar-refractivity contribution >= 4 is 0 Å². The lowest BCUT2D eigenvalue weighted by atomic mass is 9.98. The molecule has 0 bridgehead atoms. The maximum Gasteiger partial charge on any atom is 0.0963 e. The summed E-state index contributed by atoms with van der Waals surface area (Å²) < 4.78 is 2.09. The quantitative estimate of drug-likeness (QED) is 0.392. The van der Waals surface area contributed by atoms with E-state index in [2.05, 4.69) is 100.0 Å². The molecule has 0 saturated heterocycles. The zero-order valence-corrected chi connectivity index (χ0v) is 17.2. The molecule has 3 aromatic carbocycles. The number of benzene rings is 3. The fraction of sp³-hybridized carbons (Fsp3) is 0.192. The minimum atomic E-state index is 1.04. The highest BCUT2D eigenvalue weighted by atomic mass is 15.3. The Morgan fingerprint density at radius 2 is 1.18 bits per heavy atom. The van der Waals surface area contributed by atoms with Gasteiger partial charge in [0.1, 0.15) is 0 Å². The normalized spacial score (nSPS) is 11.0. The largest absolute Gasteiger partial charge is 0.232 e. The Hall–Kier alpha value is -3.13. The van der Waals surface area contributed by atoms with Crippen LogP contribution in [0.4, 0.5) is 0 Å². The Morgan fingerprint density at radius 3 is 1.79 bits per heavy atom. The fourth-order valence-electron chi connectivity index (χ4n) is 3.64. The molecule has 140 valence electrons. The van der Waals surface area contributed by atoms with Crippen molar-refractivity contribution in [2.75, 3.05) is 0 Å². The second-order valence-electron chi connectivity index (χ2n) is 7.67. The summed E-state index contributed by atoms with van der Waals surface area (Å²) in [4.78, 5) is 0. The molecule has 0 atom stereocenters. The molecule has 2 heteroatoms. The van der Waals surface area contributed by atoms with Gasteiger partial charge in [-0.05, 0) is 81.1 Å². The molecule has 4 aromatic rings. The minimum absolute atomic E-state index is 1.04. The van der Waals surface area contributed by atoms with Crippen LogP contribution >= 0.6 is 0 Å². The highest BCUT2D eigenvalue weighted by molar-refractivity contribution is 5.76. The van der Waals surface area contributed by atoms with Crippen LogP contribution in [0.25, 0.3) is 28.2 Å². The van der Waals surface area contributed by atoms with E-state index in [9.17, 15) is 0 Å². The van der Waals surface area contributed by atoms with Crippen molar-refractivity contribution in [2.24, 2.45) is 0 Å². The smallest absolute Gasteiger partial charge is 0.0963 e. The molecule has 0 aliphatic rings. The highest BCUT2D eigenvalue weighted by Gasteiger charge is 2.19. The minimum Gasteiger partial charge on any atom is -0.232 e. The summed E-state index contributed by atoms with van der Waals surface area (Å²) in [6.07, 6.45) is 0. The molecule has 0 spiro atoms. The SMILES string of the molecule is Cc1ccc(-c2nn(-c3ccccc3)c(-c3ccc(C)c(C)c3)c2C)cc1C. The lowest BCUT2D eigenvalue weighted by Gasteiger charge is -2.10. The molecule has 0 fully saturated rings. The summed E-state index contributed by atoms with van der Waals surface area (Å²) in [5, 5.41) is 5.07. The van der Waals surface area contributed by atoms with Crippen LogP contribution in [0.5, 0.6) is 0 Å². The van der Waals surface area contributed by atoms with Crippen molar-refractivity contribution in [3.8, 4) is 28.2 Å². The predicted molar refractivity (Wildman–Crippen MR) is 118 cm³/mol. The van der Waals surface area contributed by atoms with E-state index in [1.807, 2.05) is 6.07 Å². The summed E-state index contributed by atoms with van der Waals surface area (Å²) in [6, 6.07) is 23.7. The summed E-state index contributed by atoms with van der Waals surface area (Å²) in [6.45, 7) is 10.8. The zero-order chi connectivity index (χ0) is 19.8. The summed E-state index contributed by atoms with van der Waals surface area (Å²) in [5.41, 5.74) is 12.0. The molecule has 2 nitrogen and oxygen atoms in total. The van der Waals surface area contributed by atoms with Crippen LogP contribution in [0.15, 0.2) is 66.7 Å². The molecule has 0 radical (unpaired) electrons. The average molecular weight is 367 g/mol. The van der Waals surface area contributed by atoms with Gasteiger partial charge < -0.3 is 0 Å². The third-order valence-electron chi connectivity index (χ3n) is 5.68. The van der Waals surface area contributed by atoms with Gasteiger partial charge in [0.05, 0.1) is 17.1 Å². The van der Waals surface area contributed by atoms with Crippen molar-refractivity contribution in [2.45, 2.75) is 34.6 Å². The van der Waals surface area contributed by atoms with Crippen LogP contribution in [-0.2, 0) is 0 Å². The molecule has 0 N–H and O–H groups in total. The highest BCUT2D eigenvalue weighted by Crippen LogP contribution is 2.35. The van der Waals surface area contributed by atoms with E-state index >= 15 is 0 Å². The maximum absolute atomic E-state index is 5.07. The van der Waals surface area contributed by atoms with Gasteiger partial charge in [0.25, 0.3) is 0 Å². The summed E-state index contributed by atoms with van der Waals surface area (Å²) in [7, 11) is 0. The average Bonchev–Trinajstić information content (AvgIpc) is 3.04. The molecule has 0 aliphatic heterocycles. The molecular formula is C26H26N2. The van der Waals surface area contributed by atoms with Gasteiger partial charge in [-0.15, -0.1) is 0 Å². The second-order valence-corrected chi connectivity index (χ2v) is 7.67. The predicted octanol–water partition coefficient (Wildman–Crippen LogP) is 6.75. The van der Waals surface area contributed by atoms with Gasteiger partial charge in [0, 0.05) is 16.7 Å². The van der Waals surface area contributed by atoms with Gasteiger partial charge in [0.15, 0.2) is 0 Å². The van der Waals surface area contributed by atoms with Crippen LogP contribution in [0, 0.1) is 34.6 Å². The van der Waals surface area contributed by atoms with E-state index in [1.54, 1.807) is 0 Å². The van der Waals surface area contributed by atoms with Gasteiger partial charge in [0.2, 0.25) is 0 Å². The number of rotatable bonds is 3. The molecule has 1 heterocycles. The molecule has 0 saturated carbocycles. The third-order valence-corrected chi connectivity index (χ3v) is 5.68. The second kappa shape index (κ2) is 7.12. The lowest BCUT2D eigenvalue weighted by Crippen LogP contribution is -1.99. The fourth-order valence-corrected chi connectivity index (χ4v) is 3.64. The van der Waals surface area contributed by atoms with Crippen LogP contribution in [0.2, 0.25) is 0 Å². The number of hydrogen-bond donors (Lipinski definition) is 0. The van der Waals surface area contributed by atoms with Crippen molar-refractivity contribution in [1.82, 2.24) is 9.78 Å². The van der Waals surface area contributed by atoms with Gasteiger partial charge >= 0.3 is 0 Å². The zero-order valence-electron chi connectivity index (χ0n) is 17.2. The van der Waals surface area contributed by atoms with Crippen molar-refractivity contribution in [1.29, 1.82) is 0 Å². The molecule has 0 unspecified atom stereocenters. The first-order chi connectivity index (χ1) is 13.5. The van der Waals surface area contributed by atoms with Crippen molar-refractivity contribution < 1.29 is 0 Å². The number of para-hydroxylation sites is 1. The van der Waals surface area contributed by atoms with Gasteiger partial charge in [-0.25, -0.2) is 4.68 Å². The first-order valence-electron chi connectivity index (χ1n) is 9.76. The summed E-state index contributed by atoms with van der Waals surface area (Å²) in [5.74, 6) is 0. The molecule has 1 aromatic heterocycles. The Bertz CT molecular complexity index is 1150. The van der Waals surface area contributed by atoms with Crippen LogP contribution in [0.1, 0.15) is 27.8 Å². The van der Waals surface area contributed by atoms with Crippen molar-refractivity contribution in [3.63, 3.8) is 0 Å². The summed E-state index contributed by atoms with van der Waals surface area (Å²) >= 11 is 0. The van der Waals surface area contributed by atoms with E-state index in [0.717, 1.165) is 17.1 Å². The van der Waals surface area contributed by atoms with E-state index in [1.165, 1.54) is 38.9 Å². The number of hydrogen-bond acceptors (Lipinski definition) is 1. The van der Waals surface area contributed by atoms with E-state index in [0.29, 0.717) is 0 Å². The molecule has 28 heavy (non-hydrogen) atoms. The van der Waals surface area contributed by atoms with E-state index in [-0.39, 0.29) is 0 Å². The monoisotopic (exact) mass is 366 g/mol. The van der Waals surface area contributed by atoms with Crippen LogP contribution in [-0.4, -0.2) is 9.78 Å². The Kier molecular flexibility index (Phi) is 4.64. The Balaban J connectivity index is 1.99. The number of aryl methyl sites for hydroxylation is 4. The third kappa shape index (κ3) is 3.16. The van der Waals surface area contributed by atoms with Crippen molar-refractivity contribution in [3.05, 3.63) is 94.5 Å². The molecular weight excluding hydrogens is 340 g/mol.